The summed E-state index contributed by atoms with van der Waals surface area (Å²) in [6, 6.07) is 21.9. The highest BCUT2D eigenvalue weighted by atomic mass is 16.3. The van der Waals surface area contributed by atoms with E-state index in [1.807, 2.05) is 59.5 Å². The summed E-state index contributed by atoms with van der Waals surface area (Å²) in [5, 5.41) is 3.04. The van der Waals surface area contributed by atoms with Crippen LogP contribution in [0.2, 0.25) is 0 Å². The van der Waals surface area contributed by atoms with Crippen molar-refractivity contribution in [3.8, 4) is 0 Å². The summed E-state index contributed by atoms with van der Waals surface area (Å²) in [6.45, 7) is 6.60. The number of hydrogen-bond donors (Lipinski definition) is 1. The molecule has 0 atom stereocenters. The molecule has 0 bridgehead atoms. The maximum absolute atomic E-state index is 13.1. The van der Waals surface area contributed by atoms with Crippen LogP contribution in [0.4, 0.5) is 5.69 Å². The molecule has 0 aliphatic carbocycles. The molecule has 7 heteroatoms. The Bertz CT molecular complexity index is 1080. The number of rotatable bonds is 10. The zero-order valence-electron chi connectivity index (χ0n) is 20.4. The molecule has 2 amide bonds. The fraction of sp³-hybridized carbons (Fsp3) is 0.357. The van der Waals surface area contributed by atoms with Crippen molar-refractivity contribution in [2.24, 2.45) is 0 Å². The van der Waals surface area contributed by atoms with Crippen molar-refractivity contribution in [2.75, 3.05) is 44.6 Å². The highest BCUT2D eigenvalue weighted by Crippen LogP contribution is 2.16. The quantitative estimate of drug-likeness (QED) is 0.486. The molecule has 1 fully saturated rings. The van der Waals surface area contributed by atoms with E-state index in [1.54, 1.807) is 6.26 Å². The summed E-state index contributed by atoms with van der Waals surface area (Å²) >= 11 is 0. The molecule has 1 aromatic heterocycles. The number of piperazine rings is 1. The molecule has 1 N–H and O–H groups in total. The summed E-state index contributed by atoms with van der Waals surface area (Å²) in [6.07, 6.45) is 2.53. The highest BCUT2D eigenvalue weighted by Gasteiger charge is 2.24. The maximum Gasteiger partial charge on any atom is 0.238 e. The number of nitrogens with one attached hydrogen (secondary N) is 1. The molecule has 1 saturated heterocycles. The molecule has 1 aliphatic rings. The number of anilines is 1. The third kappa shape index (κ3) is 7.28. The topological polar surface area (TPSA) is 69.0 Å². The zero-order valence-corrected chi connectivity index (χ0v) is 20.4. The molecule has 0 unspecified atom stereocenters. The smallest absolute Gasteiger partial charge is 0.238 e. The second kappa shape index (κ2) is 12.3. The van der Waals surface area contributed by atoms with Crippen LogP contribution < -0.4 is 5.32 Å². The Labute approximate surface area is 207 Å². The predicted octanol–water partition coefficient (Wildman–Crippen LogP) is 3.63. The minimum atomic E-state index is -0.0156. The van der Waals surface area contributed by atoms with E-state index >= 15 is 0 Å². The van der Waals surface area contributed by atoms with Crippen LogP contribution in [0.5, 0.6) is 0 Å². The number of nitrogens with zero attached hydrogens (tertiary/aromatic N) is 3. The Balaban J connectivity index is 1.27. The molecule has 1 aliphatic heterocycles. The van der Waals surface area contributed by atoms with Crippen molar-refractivity contribution in [2.45, 2.75) is 26.4 Å². The highest BCUT2D eigenvalue weighted by molar-refractivity contribution is 5.93. The van der Waals surface area contributed by atoms with Gasteiger partial charge in [-0.3, -0.25) is 19.4 Å². The predicted molar refractivity (Wildman–Crippen MR) is 137 cm³/mol. The number of benzene rings is 2. The summed E-state index contributed by atoms with van der Waals surface area (Å²) in [5.41, 5.74) is 3.17. The van der Waals surface area contributed by atoms with Crippen LogP contribution in [0.25, 0.3) is 0 Å². The average Bonchev–Trinajstić information content (AvgIpc) is 3.38. The molecular formula is C28H34N4O3. The number of aryl methyl sites for hydroxylation is 1. The molecule has 2 aromatic carbocycles. The first kappa shape index (κ1) is 24.7. The van der Waals surface area contributed by atoms with Gasteiger partial charge in [0.1, 0.15) is 5.76 Å². The fourth-order valence-corrected chi connectivity index (χ4v) is 4.42. The summed E-state index contributed by atoms with van der Waals surface area (Å²) in [7, 11) is 0. The van der Waals surface area contributed by atoms with Crippen molar-refractivity contribution in [3.05, 3.63) is 89.9 Å². The Morgan fingerprint density at radius 2 is 1.66 bits per heavy atom. The van der Waals surface area contributed by atoms with Crippen LogP contribution in [0.1, 0.15) is 23.8 Å². The second-order valence-corrected chi connectivity index (χ2v) is 8.93. The molecule has 184 valence electrons. The van der Waals surface area contributed by atoms with Crippen molar-refractivity contribution in [3.63, 3.8) is 0 Å². The van der Waals surface area contributed by atoms with Crippen molar-refractivity contribution < 1.29 is 14.0 Å². The standard InChI is InChI=1S/C28H34N4O3/c1-2-24-11-6-7-13-26(24)29-27(33)21-30-14-16-32(17-15-30)28(34)22-31(20-25-12-8-18-35-25)19-23-9-4-3-5-10-23/h3-13,18H,2,14-17,19-22H2,1H3,(H,29,33). The van der Waals surface area contributed by atoms with Crippen molar-refractivity contribution in [1.29, 1.82) is 0 Å². The van der Waals surface area contributed by atoms with Crippen molar-refractivity contribution >= 4 is 17.5 Å². The van der Waals surface area contributed by atoms with Crippen LogP contribution in [-0.2, 0) is 29.1 Å². The lowest BCUT2D eigenvalue weighted by atomic mass is 10.1. The molecule has 0 radical (unpaired) electrons. The van der Waals surface area contributed by atoms with Gasteiger partial charge in [0.05, 0.1) is 25.9 Å². The van der Waals surface area contributed by atoms with Crippen LogP contribution in [0.15, 0.2) is 77.4 Å². The van der Waals surface area contributed by atoms with Gasteiger partial charge in [0.2, 0.25) is 11.8 Å². The van der Waals surface area contributed by atoms with Gasteiger partial charge in [-0.2, -0.15) is 0 Å². The normalized spacial score (nSPS) is 14.3. The number of amides is 2. The molecular weight excluding hydrogens is 440 g/mol. The average molecular weight is 475 g/mol. The first-order valence-electron chi connectivity index (χ1n) is 12.3. The Kier molecular flexibility index (Phi) is 8.70. The van der Waals surface area contributed by atoms with E-state index in [0.717, 1.165) is 29.0 Å². The Morgan fingerprint density at radius 1 is 0.914 bits per heavy atom. The van der Waals surface area contributed by atoms with Gasteiger partial charge in [-0.15, -0.1) is 0 Å². The van der Waals surface area contributed by atoms with Crippen LogP contribution >= 0.6 is 0 Å². The van der Waals surface area contributed by atoms with E-state index in [2.05, 4.69) is 34.2 Å². The monoisotopic (exact) mass is 474 g/mol. The zero-order chi connectivity index (χ0) is 24.5. The minimum Gasteiger partial charge on any atom is -0.468 e. The lowest BCUT2D eigenvalue weighted by Crippen LogP contribution is -2.52. The van der Waals surface area contributed by atoms with Gasteiger partial charge >= 0.3 is 0 Å². The van der Waals surface area contributed by atoms with E-state index in [-0.39, 0.29) is 11.8 Å². The van der Waals surface area contributed by atoms with E-state index in [0.29, 0.717) is 52.4 Å². The van der Waals surface area contributed by atoms with E-state index < -0.39 is 0 Å². The van der Waals surface area contributed by atoms with Gasteiger partial charge in [-0.05, 0) is 35.7 Å². The SMILES string of the molecule is CCc1ccccc1NC(=O)CN1CCN(C(=O)CN(Cc2ccccc2)Cc2ccco2)CC1. The van der Waals surface area contributed by atoms with Gasteiger partial charge in [0, 0.05) is 38.4 Å². The first-order valence-corrected chi connectivity index (χ1v) is 12.3. The first-order chi connectivity index (χ1) is 17.1. The molecule has 0 spiro atoms. The number of carbonyl (C=O) groups excluding carboxylic acids is 2. The summed E-state index contributed by atoms with van der Waals surface area (Å²) < 4.78 is 5.53. The number of para-hydroxylation sites is 1. The van der Waals surface area contributed by atoms with Gasteiger partial charge in [-0.1, -0.05) is 55.5 Å². The molecule has 7 nitrogen and oxygen atoms in total. The van der Waals surface area contributed by atoms with Crippen LogP contribution in [0, 0.1) is 0 Å². The number of furan rings is 1. The summed E-state index contributed by atoms with van der Waals surface area (Å²) in [4.78, 5) is 31.8. The fourth-order valence-electron chi connectivity index (χ4n) is 4.42. The Morgan fingerprint density at radius 3 is 2.37 bits per heavy atom. The van der Waals surface area contributed by atoms with Gasteiger partial charge in [-0.25, -0.2) is 0 Å². The third-order valence-corrected chi connectivity index (χ3v) is 6.33. The Hall–Kier alpha value is -3.42. The van der Waals surface area contributed by atoms with Gasteiger partial charge in [0.25, 0.3) is 0 Å². The largest absolute Gasteiger partial charge is 0.468 e. The van der Waals surface area contributed by atoms with Crippen molar-refractivity contribution in [1.82, 2.24) is 14.7 Å². The summed E-state index contributed by atoms with van der Waals surface area (Å²) in [5.74, 6) is 0.931. The number of carbonyl (C=O) groups is 2. The maximum atomic E-state index is 13.1. The van der Waals surface area contributed by atoms with E-state index in [9.17, 15) is 9.59 Å². The van der Waals surface area contributed by atoms with E-state index in [4.69, 9.17) is 4.42 Å². The molecule has 0 saturated carbocycles. The van der Waals surface area contributed by atoms with Crippen LogP contribution in [-0.4, -0.2) is 65.8 Å². The lowest BCUT2D eigenvalue weighted by molar-refractivity contribution is -0.134. The molecule has 2 heterocycles. The second-order valence-electron chi connectivity index (χ2n) is 8.93. The molecule has 4 rings (SSSR count). The van der Waals surface area contributed by atoms with Gasteiger partial charge < -0.3 is 14.6 Å². The van der Waals surface area contributed by atoms with E-state index in [1.165, 1.54) is 0 Å². The lowest BCUT2D eigenvalue weighted by Gasteiger charge is -2.35. The van der Waals surface area contributed by atoms with Crippen LogP contribution in [0.3, 0.4) is 0 Å². The minimum absolute atomic E-state index is 0.0156. The molecule has 3 aromatic rings. The third-order valence-electron chi connectivity index (χ3n) is 6.33. The van der Waals surface area contributed by atoms with Gasteiger partial charge in [0.15, 0.2) is 0 Å². The molecule has 35 heavy (non-hydrogen) atoms. The number of hydrogen-bond acceptors (Lipinski definition) is 5.